The molecular formula is C20H34IN7. The summed E-state index contributed by atoms with van der Waals surface area (Å²) < 4.78 is 2.07. The molecule has 2 rings (SSSR count). The minimum absolute atomic E-state index is 0. The van der Waals surface area contributed by atoms with Crippen molar-refractivity contribution in [2.24, 2.45) is 4.99 Å². The van der Waals surface area contributed by atoms with Crippen LogP contribution >= 0.6 is 24.0 Å². The van der Waals surface area contributed by atoms with Crippen LogP contribution in [0.25, 0.3) is 0 Å². The number of hydrogen-bond acceptors (Lipinski definition) is 4. The number of aromatic nitrogens is 3. The number of hydrogen-bond donors (Lipinski definition) is 2. The average molecular weight is 499 g/mol. The van der Waals surface area contributed by atoms with Gasteiger partial charge in [-0.25, -0.2) is 0 Å². The monoisotopic (exact) mass is 499 g/mol. The Labute approximate surface area is 186 Å². The zero-order valence-electron chi connectivity index (χ0n) is 17.6. The summed E-state index contributed by atoms with van der Waals surface area (Å²) in [7, 11) is 6.01. The Hall–Kier alpha value is -1.68. The lowest BCUT2D eigenvalue weighted by molar-refractivity contribution is 0.298. The molecule has 1 aromatic heterocycles. The maximum absolute atomic E-state index is 4.34. The van der Waals surface area contributed by atoms with E-state index in [-0.39, 0.29) is 30.0 Å². The van der Waals surface area contributed by atoms with Crippen LogP contribution in [0, 0.1) is 0 Å². The third-order valence-corrected chi connectivity index (χ3v) is 4.74. The molecule has 1 atom stereocenters. The molecule has 2 N–H and O–H groups in total. The smallest absolute Gasteiger partial charge is 0.191 e. The number of likely N-dealkylation sites (N-methyl/N-ethyl adjacent to an activating group) is 1. The molecule has 28 heavy (non-hydrogen) atoms. The number of halogens is 1. The molecule has 1 unspecified atom stereocenters. The summed E-state index contributed by atoms with van der Waals surface area (Å²) in [6, 6.07) is 9.14. The number of benzene rings is 1. The van der Waals surface area contributed by atoms with Crippen molar-refractivity contribution in [3.05, 3.63) is 47.5 Å². The number of nitrogens with zero attached hydrogens (tertiary/aromatic N) is 5. The Morgan fingerprint density at radius 1 is 1.14 bits per heavy atom. The Morgan fingerprint density at radius 3 is 2.43 bits per heavy atom. The highest BCUT2D eigenvalue weighted by molar-refractivity contribution is 14.0. The molecule has 0 amide bonds. The summed E-state index contributed by atoms with van der Waals surface area (Å²) in [6.45, 7) is 6.63. The third kappa shape index (κ3) is 7.05. The van der Waals surface area contributed by atoms with Crippen LogP contribution < -0.4 is 10.6 Å². The molecule has 7 nitrogen and oxygen atoms in total. The highest BCUT2D eigenvalue weighted by atomic mass is 127. The maximum atomic E-state index is 4.34. The molecule has 8 heteroatoms. The van der Waals surface area contributed by atoms with Gasteiger partial charge < -0.3 is 20.1 Å². The van der Waals surface area contributed by atoms with Gasteiger partial charge >= 0.3 is 0 Å². The topological polar surface area (TPSA) is 70.4 Å². The molecule has 0 bridgehead atoms. The Bertz CT molecular complexity index is 710. The summed E-state index contributed by atoms with van der Waals surface area (Å²) in [6.07, 6.45) is 3.72. The highest BCUT2D eigenvalue weighted by Gasteiger charge is 2.14. The summed E-state index contributed by atoms with van der Waals surface area (Å²) in [4.78, 5) is 6.57. The van der Waals surface area contributed by atoms with Crippen molar-refractivity contribution in [2.75, 3.05) is 34.2 Å². The summed E-state index contributed by atoms with van der Waals surface area (Å²) in [5.74, 6) is 1.81. The van der Waals surface area contributed by atoms with Crippen molar-refractivity contribution in [2.45, 2.75) is 39.3 Å². The fraction of sp³-hybridized carbons (Fsp3) is 0.550. The predicted octanol–water partition coefficient (Wildman–Crippen LogP) is 2.49. The minimum Gasteiger partial charge on any atom is -0.355 e. The zero-order chi connectivity index (χ0) is 19.6. The fourth-order valence-electron chi connectivity index (χ4n) is 3.02. The molecule has 0 aliphatic carbocycles. The van der Waals surface area contributed by atoms with Gasteiger partial charge in [0.1, 0.15) is 12.2 Å². The molecule has 1 heterocycles. The first-order valence-electron chi connectivity index (χ1n) is 9.65. The molecule has 0 aliphatic rings. The van der Waals surface area contributed by atoms with Gasteiger partial charge in [0, 0.05) is 33.1 Å². The lowest BCUT2D eigenvalue weighted by Crippen LogP contribution is -2.42. The van der Waals surface area contributed by atoms with Crippen LogP contribution in [0.1, 0.15) is 36.8 Å². The van der Waals surface area contributed by atoms with Crippen molar-refractivity contribution in [1.29, 1.82) is 0 Å². The van der Waals surface area contributed by atoms with Gasteiger partial charge in [0.05, 0.1) is 6.04 Å². The number of guanidine groups is 1. The number of aryl methyl sites for hydroxylation is 2. The maximum Gasteiger partial charge on any atom is 0.191 e. The summed E-state index contributed by atoms with van der Waals surface area (Å²) >= 11 is 0. The van der Waals surface area contributed by atoms with Gasteiger partial charge in [-0.3, -0.25) is 4.99 Å². The standard InChI is InChI=1S/C20H33N7.HI/c1-6-16-8-10-17(11-9-16)18(26(4)5)14-23-20(21-3)22-12-13-27-15-24-25-19(27)7-2;/h8-11,15,18H,6-7,12-14H2,1-5H3,(H2,21,22,23);1H. The second-order valence-corrected chi connectivity index (χ2v) is 6.75. The van der Waals surface area contributed by atoms with Crippen LogP contribution in [0.2, 0.25) is 0 Å². The first-order valence-corrected chi connectivity index (χ1v) is 9.65. The van der Waals surface area contributed by atoms with Crippen LogP contribution in [0.4, 0.5) is 0 Å². The van der Waals surface area contributed by atoms with E-state index in [9.17, 15) is 0 Å². The SMILES string of the molecule is CCc1ccc(C(CNC(=NC)NCCn2cnnc2CC)N(C)C)cc1.I. The largest absolute Gasteiger partial charge is 0.355 e. The van der Waals surface area contributed by atoms with Crippen LogP contribution in [0.3, 0.4) is 0 Å². The van der Waals surface area contributed by atoms with Gasteiger partial charge in [-0.1, -0.05) is 38.1 Å². The quantitative estimate of drug-likeness (QED) is 0.315. The molecule has 0 aliphatic heterocycles. The average Bonchev–Trinajstić information content (AvgIpc) is 3.14. The zero-order valence-corrected chi connectivity index (χ0v) is 20.0. The number of aliphatic imine (C=N–C) groups is 1. The van der Waals surface area contributed by atoms with Crippen molar-refractivity contribution in [3.63, 3.8) is 0 Å². The molecule has 0 fully saturated rings. The number of nitrogens with one attached hydrogen (secondary N) is 2. The molecule has 1 aromatic carbocycles. The van der Waals surface area contributed by atoms with E-state index >= 15 is 0 Å². The first-order chi connectivity index (χ1) is 13.1. The lowest BCUT2D eigenvalue weighted by Gasteiger charge is -2.26. The molecular weight excluding hydrogens is 465 g/mol. The molecule has 0 saturated carbocycles. The lowest BCUT2D eigenvalue weighted by atomic mass is 10.0. The van der Waals surface area contributed by atoms with E-state index in [1.807, 2.05) is 0 Å². The van der Waals surface area contributed by atoms with E-state index in [2.05, 4.69) is 87.5 Å². The van der Waals surface area contributed by atoms with E-state index in [4.69, 9.17) is 0 Å². The van der Waals surface area contributed by atoms with Gasteiger partial charge in [-0.05, 0) is 31.6 Å². The van der Waals surface area contributed by atoms with E-state index in [1.54, 1.807) is 13.4 Å². The van der Waals surface area contributed by atoms with E-state index in [0.29, 0.717) is 0 Å². The molecule has 2 aromatic rings. The van der Waals surface area contributed by atoms with Gasteiger partial charge in [-0.15, -0.1) is 34.2 Å². The van der Waals surface area contributed by atoms with Crippen LogP contribution in [-0.4, -0.2) is 59.9 Å². The molecule has 156 valence electrons. The predicted molar refractivity (Wildman–Crippen MR) is 126 cm³/mol. The Kier molecular flexibility index (Phi) is 11.1. The summed E-state index contributed by atoms with van der Waals surface area (Å²) in [5, 5.41) is 14.9. The molecule has 0 radical (unpaired) electrons. The molecule has 0 saturated heterocycles. The first kappa shape index (κ1) is 24.4. The van der Waals surface area contributed by atoms with Crippen molar-refractivity contribution < 1.29 is 0 Å². The van der Waals surface area contributed by atoms with Gasteiger partial charge in [0.2, 0.25) is 0 Å². The Balaban J connectivity index is 0.00000392. The van der Waals surface area contributed by atoms with Gasteiger partial charge in [-0.2, -0.15) is 0 Å². The van der Waals surface area contributed by atoms with Crippen molar-refractivity contribution in [1.82, 2.24) is 30.3 Å². The van der Waals surface area contributed by atoms with Crippen LogP contribution in [0.5, 0.6) is 0 Å². The van der Waals surface area contributed by atoms with E-state index < -0.39 is 0 Å². The Morgan fingerprint density at radius 2 is 1.86 bits per heavy atom. The van der Waals surface area contributed by atoms with Crippen LogP contribution in [0.15, 0.2) is 35.6 Å². The van der Waals surface area contributed by atoms with Crippen molar-refractivity contribution >= 4 is 29.9 Å². The third-order valence-electron chi connectivity index (χ3n) is 4.74. The fourth-order valence-corrected chi connectivity index (χ4v) is 3.02. The highest BCUT2D eigenvalue weighted by Crippen LogP contribution is 2.18. The van der Waals surface area contributed by atoms with E-state index in [0.717, 1.165) is 44.3 Å². The minimum atomic E-state index is 0. The van der Waals surface area contributed by atoms with Gasteiger partial charge in [0.25, 0.3) is 0 Å². The number of rotatable bonds is 9. The summed E-state index contributed by atoms with van der Waals surface area (Å²) in [5.41, 5.74) is 2.67. The second kappa shape index (κ2) is 12.7. The normalized spacial score (nSPS) is 12.6. The van der Waals surface area contributed by atoms with Gasteiger partial charge in [0.15, 0.2) is 5.96 Å². The van der Waals surface area contributed by atoms with E-state index in [1.165, 1.54) is 11.1 Å². The van der Waals surface area contributed by atoms with Crippen LogP contribution in [-0.2, 0) is 19.4 Å². The molecule has 0 spiro atoms. The van der Waals surface area contributed by atoms with Crippen molar-refractivity contribution in [3.8, 4) is 0 Å². The second-order valence-electron chi connectivity index (χ2n) is 6.75.